The van der Waals surface area contributed by atoms with Gasteiger partial charge in [-0.05, 0) is 24.6 Å². The van der Waals surface area contributed by atoms with Crippen molar-refractivity contribution in [2.45, 2.75) is 12.6 Å². The van der Waals surface area contributed by atoms with E-state index in [-0.39, 0.29) is 18.5 Å². The summed E-state index contributed by atoms with van der Waals surface area (Å²) in [6.07, 6.45) is -5.16. The standard InChI is InChI=1S/C13H13F4NO2/c14-10-4-2-1-3-8(10)5-9-6-18-7-12(9,11(19)20)13(15,16)17/h1-4,9,18H,5-7H2,(H,19,20)/t9-,12-/m0/s1. The lowest BCUT2D eigenvalue weighted by atomic mass is 9.74. The van der Waals surface area contributed by atoms with Crippen molar-refractivity contribution in [2.24, 2.45) is 11.3 Å². The second-order valence-electron chi connectivity index (χ2n) is 4.90. The highest BCUT2D eigenvalue weighted by Crippen LogP contribution is 2.47. The molecule has 0 aliphatic carbocycles. The van der Waals surface area contributed by atoms with E-state index in [9.17, 15) is 22.4 Å². The van der Waals surface area contributed by atoms with Crippen molar-refractivity contribution < 1.29 is 27.5 Å². The third-order valence-corrected chi connectivity index (χ3v) is 3.80. The summed E-state index contributed by atoms with van der Waals surface area (Å²) in [6, 6.07) is 5.46. The summed E-state index contributed by atoms with van der Waals surface area (Å²) in [4.78, 5) is 11.2. The summed E-state index contributed by atoms with van der Waals surface area (Å²) in [5.74, 6) is -3.78. The summed E-state index contributed by atoms with van der Waals surface area (Å²) in [7, 11) is 0. The molecule has 1 aromatic rings. The summed E-state index contributed by atoms with van der Waals surface area (Å²) in [5, 5.41) is 11.5. The quantitative estimate of drug-likeness (QED) is 0.840. The van der Waals surface area contributed by atoms with Crippen LogP contribution in [-0.4, -0.2) is 30.3 Å². The lowest BCUT2D eigenvalue weighted by Gasteiger charge is -2.32. The molecule has 0 radical (unpaired) electrons. The molecule has 0 unspecified atom stereocenters. The number of carboxylic acid groups (broad SMARTS) is 1. The molecule has 2 N–H and O–H groups in total. The van der Waals surface area contributed by atoms with E-state index in [1.165, 1.54) is 18.2 Å². The molecule has 2 rings (SSSR count). The second kappa shape index (κ2) is 5.05. The number of carboxylic acids is 1. The Morgan fingerprint density at radius 3 is 2.60 bits per heavy atom. The van der Waals surface area contributed by atoms with E-state index in [0.29, 0.717) is 0 Å². The number of halogens is 4. The third kappa shape index (κ3) is 2.26. The monoisotopic (exact) mass is 291 g/mol. The zero-order chi connectivity index (χ0) is 15.0. The number of alkyl halides is 3. The van der Waals surface area contributed by atoms with Gasteiger partial charge in [0.15, 0.2) is 5.41 Å². The molecule has 110 valence electrons. The zero-order valence-corrected chi connectivity index (χ0v) is 10.4. The highest BCUT2D eigenvalue weighted by molar-refractivity contribution is 5.77. The molecule has 1 saturated heterocycles. The molecule has 1 heterocycles. The van der Waals surface area contributed by atoms with Gasteiger partial charge >= 0.3 is 12.1 Å². The van der Waals surface area contributed by atoms with E-state index < -0.39 is 35.8 Å². The lowest BCUT2D eigenvalue weighted by Crippen LogP contribution is -2.51. The van der Waals surface area contributed by atoms with Crippen LogP contribution in [0.4, 0.5) is 17.6 Å². The van der Waals surface area contributed by atoms with Crippen molar-refractivity contribution in [1.82, 2.24) is 5.32 Å². The Hall–Kier alpha value is -1.63. The average molecular weight is 291 g/mol. The van der Waals surface area contributed by atoms with Gasteiger partial charge in [0.25, 0.3) is 0 Å². The van der Waals surface area contributed by atoms with E-state index in [0.717, 1.165) is 6.07 Å². The molecule has 2 atom stereocenters. The van der Waals surface area contributed by atoms with Gasteiger partial charge in [-0.3, -0.25) is 4.79 Å². The van der Waals surface area contributed by atoms with E-state index >= 15 is 0 Å². The first-order chi connectivity index (χ1) is 9.29. The van der Waals surface area contributed by atoms with E-state index in [2.05, 4.69) is 5.32 Å². The summed E-state index contributed by atoms with van der Waals surface area (Å²) >= 11 is 0. The van der Waals surface area contributed by atoms with Crippen LogP contribution in [0.1, 0.15) is 5.56 Å². The van der Waals surface area contributed by atoms with Crippen LogP contribution in [-0.2, 0) is 11.2 Å². The van der Waals surface area contributed by atoms with Gasteiger partial charge in [-0.15, -0.1) is 0 Å². The molecule has 0 saturated carbocycles. The number of rotatable bonds is 3. The van der Waals surface area contributed by atoms with Crippen molar-refractivity contribution in [3.05, 3.63) is 35.6 Å². The highest BCUT2D eigenvalue weighted by Gasteiger charge is 2.66. The van der Waals surface area contributed by atoms with Gasteiger partial charge in [0, 0.05) is 12.5 Å². The minimum absolute atomic E-state index is 0.0936. The first kappa shape index (κ1) is 14.8. The summed E-state index contributed by atoms with van der Waals surface area (Å²) in [6.45, 7) is -0.800. The van der Waals surface area contributed by atoms with Gasteiger partial charge in [-0.25, -0.2) is 4.39 Å². The predicted octanol–water partition coefficient (Wildman–Crippen LogP) is 2.22. The third-order valence-electron chi connectivity index (χ3n) is 3.80. The largest absolute Gasteiger partial charge is 0.481 e. The average Bonchev–Trinajstić information content (AvgIpc) is 2.76. The van der Waals surface area contributed by atoms with E-state index in [1.54, 1.807) is 0 Å². The Morgan fingerprint density at radius 2 is 2.05 bits per heavy atom. The fourth-order valence-electron chi connectivity index (χ4n) is 2.64. The second-order valence-corrected chi connectivity index (χ2v) is 4.90. The number of hydrogen-bond acceptors (Lipinski definition) is 2. The fraction of sp³-hybridized carbons (Fsp3) is 0.462. The van der Waals surface area contributed by atoms with E-state index in [1.807, 2.05) is 0 Å². The van der Waals surface area contributed by atoms with Crippen molar-refractivity contribution in [3.63, 3.8) is 0 Å². The molecule has 0 spiro atoms. The maximum atomic E-state index is 13.5. The molecular weight excluding hydrogens is 278 g/mol. The van der Waals surface area contributed by atoms with Gasteiger partial charge in [0.2, 0.25) is 0 Å². The van der Waals surface area contributed by atoms with Crippen LogP contribution in [0.2, 0.25) is 0 Å². The lowest BCUT2D eigenvalue weighted by molar-refractivity contribution is -0.236. The number of carbonyl (C=O) groups is 1. The highest BCUT2D eigenvalue weighted by atomic mass is 19.4. The summed E-state index contributed by atoms with van der Waals surface area (Å²) < 4.78 is 53.2. The van der Waals surface area contributed by atoms with Crippen LogP contribution in [0.3, 0.4) is 0 Å². The number of benzene rings is 1. The van der Waals surface area contributed by atoms with E-state index in [4.69, 9.17) is 5.11 Å². The molecule has 20 heavy (non-hydrogen) atoms. The SMILES string of the molecule is O=C(O)[C@]1(C(F)(F)F)CNC[C@@H]1Cc1ccccc1F. The van der Waals surface area contributed by atoms with Crippen molar-refractivity contribution in [1.29, 1.82) is 0 Å². The van der Waals surface area contributed by atoms with Gasteiger partial charge < -0.3 is 10.4 Å². The van der Waals surface area contributed by atoms with Gasteiger partial charge in [-0.2, -0.15) is 13.2 Å². The maximum Gasteiger partial charge on any atom is 0.406 e. The van der Waals surface area contributed by atoms with Crippen LogP contribution in [0.15, 0.2) is 24.3 Å². The minimum Gasteiger partial charge on any atom is -0.481 e. The molecule has 1 aliphatic rings. The first-order valence-electron chi connectivity index (χ1n) is 6.03. The Labute approximate surface area is 112 Å². The van der Waals surface area contributed by atoms with Gasteiger partial charge in [0.1, 0.15) is 5.82 Å². The maximum absolute atomic E-state index is 13.5. The minimum atomic E-state index is -4.89. The Bertz CT molecular complexity index is 517. The topological polar surface area (TPSA) is 49.3 Å². The molecule has 1 aliphatic heterocycles. The molecule has 0 amide bonds. The molecular formula is C13H13F4NO2. The Morgan fingerprint density at radius 1 is 1.40 bits per heavy atom. The summed E-state index contributed by atoms with van der Waals surface area (Å²) in [5.41, 5.74) is -2.77. The Kier molecular flexibility index (Phi) is 3.73. The number of nitrogens with one attached hydrogen (secondary N) is 1. The van der Waals surface area contributed by atoms with Gasteiger partial charge in [0.05, 0.1) is 0 Å². The predicted molar refractivity (Wildman–Crippen MR) is 62.6 cm³/mol. The molecule has 0 aromatic heterocycles. The van der Waals surface area contributed by atoms with Gasteiger partial charge in [-0.1, -0.05) is 18.2 Å². The van der Waals surface area contributed by atoms with Crippen molar-refractivity contribution in [3.8, 4) is 0 Å². The zero-order valence-electron chi connectivity index (χ0n) is 10.4. The molecule has 0 bridgehead atoms. The van der Waals surface area contributed by atoms with Crippen molar-refractivity contribution in [2.75, 3.05) is 13.1 Å². The molecule has 7 heteroatoms. The molecule has 1 fully saturated rings. The van der Waals surface area contributed by atoms with Crippen LogP contribution in [0.25, 0.3) is 0 Å². The number of hydrogen-bond donors (Lipinski definition) is 2. The first-order valence-corrected chi connectivity index (χ1v) is 6.03. The molecule has 1 aromatic carbocycles. The van der Waals surface area contributed by atoms with Crippen LogP contribution < -0.4 is 5.32 Å². The Balaban J connectivity index is 2.35. The van der Waals surface area contributed by atoms with Crippen LogP contribution in [0, 0.1) is 17.2 Å². The number of aliphatic carboxylic acids is 1. The van der Waals surface area contributed by atoms with Crippen molar-refractivity contribution >= 4 is 5.97 Å². The normalized spacial score (nSPS) is 26.7. The van der Waals surface area contributed by atoms with Crippen LogP contribution in [0.5, 0.6) is 0 Å². The fourth-order valence-corrected chi connectivity index (χ4v) is 2.64. The molecule has 3 nitrogen and oxygen atoms in total. The van der Waals surface area contributed by atoms with Crippen LogP contribution >= 0.6 is 0 Å². The smallest absolute Gasteiger partial charge is 0.406 e.